The molecule has 0 aliphatic heterocycles. The Morgan fingerprint density at radius 2 is 1.94 bits per heavy atom. The molecule has 0 bridgehead atoms. The number of carboxylic acid groups (broad SMARTS) is 1. The Morgan fingerprint density at radius 3 is 2.50 bits per heavy atom. The summed E-state index contributed by atoms with van der Waals surface area (Å²) in [6, 6.07) is 4.89. The SMILES string of the molecule is CCCC(NC(=O)CC[n+]1ccccc1)C(=O)O. The first-order valence-corrected chi connectivity index (χ1v) is 6.09. The highest BCUT2D eigenvalue weighted by Crippen LogP contribution is 1.97. The van der Waals surface area contributed by atoms with E-state index in [9.17, 15) is 9.59 Å². The van der Waals surface area contributed by atoms with Crippen molar-refractivity contribution in [3.63, 3.8) is 0 Å². The van der Waals surface area contributed by atoms with Crippen molar-refractivity contribution in [2.24, 2.45) is 0 Å². The molecule has 1 rings (SSSR count). The maximum absolute atomic E-state index is 11.6. The van der Waals surface area contributed by atoms with Gasteiger partial charge in [0.15, 0.2) is 18.9 Å². The molecule has 0 saturated heterocycles. The normalized spacial score (nSPS) is 11.8. The van der Waals surface area contributed by atoms with E-state index in [2.05, 4.69) is 5.32 Å². The number of nitrogens with one attached hydrogen (secondary N) is 1. The van der Waals surface area contributed by atoms with E-state index >= 15 is 0 Å². The minimum Gasteiger partial charge on any atom is -0.480 e. The fraction of sp³-hybridized carbons (Fsp3) is 0.462. The van der Waals surface area contributed by atoms with Crippen LogP contribution in [-0.4, -0.2) is 23.0 Å². The van der Waals surface area contributed by atoms with Crippen LogP contribution in [0.25, 0.3) is 0 Å². The molecule has 1 unspecified atom stereocenters. The number of carbonyl (C=O) groups excluding carboxylic acids is 1. The Morgan fingerprint density at radius 1 is 1.28 bits per heavy atom. The number of amides is 1. The molecule has 0 spiro atoms. The van der Waals surface area contributed by atoms with E-state index in [-0.39, 0.29) is 12.3 Å². The van der Waals surface area contributed by atoms with Crippen LogP contribution in [0.1, 0.15) is 26.2 Å². The molecule has 1 aromatic rings. The maximum Gasteiger partial charge on any atom is 0.326 e. The van der Waals surface area contributed by atoms with Gasteiger partial charge < -0.3 is 10.4 Å². The average Bonchev–Trinajstić information content (AvgIpc) is 2.37. The summed E-state index contributed by atoms with van der Waals surface area (Å²) >= 11 is 0. The molecule has 5 nitrogen and oxygen atoms in total. The van der Waals surface area contributed by atoms with E-state index in [0.29, 0.717) is 13.0 Å². The minimum atomic E-state index is -0.974. The van der Waals surface area contributed by atoms with E-state index in [1.807, 2.05) is 42.1 Å². The van der Waals surface area contributed by atoms with Crippen LogP contribution in [0.5, 0.6) is 0 Å². The van der Waals surface area contributed by atoms with E-state index in [4.69, 9.17) is 5.11 Å². The predicted molar refractivity (Wildman–Crippen MR) is 65.7 cm³/mol. The summed E-state index contributed by atoms with van der Waals surface area (Å²) in [6.45, 7) is 2.44. The van der Waals surface area contributed by atoms with Crippen LogP contribution in [0.2, 0.25) is 0 Å². The van der Waals surface area contributed by atoms with Gasteiger partial charge in [-0.25, -0.2) is 9.36 Å². The van der Waals surface area contributed by atoms with Gasteiger partial charge in [0, 0.05) is 12.1 Å². The van der Waals surface area contributed by atoms with Gasteiger partial charge in [0.1, 0.15) is 6.04 Å². The number of rotatable bonds is 7. The van der Waals surface area contributed by atoms with Crippen LogP contribution in [0.4, 0.5) is 0 Å². The van der Waals surface area contributed by atoms with Crippen LogP contribution in [0, 0.1) is 0 Å². The Kier molecular flexibility index (Phi) is 5.84. The molecule has 0 radical (unpaired) electrons. The van der Waals surface area contributed by atoms with Gasteiger partial charge in [-0.1, -0.05) is 19.4 Å². The molecular weight excluding hydrogens is 232 g/mol. The van der Waals surface area contributed by atoms with E-state index < -0.39 is 12.0 Å². The number of carboxylic acids is 1. The van der Waals surface area contributed by atoms with Gasteiger partial charge in [-0.15, -0.1) is 0 Å². The molecule has 98 valence electrons. The number of hydrogen-bond acceptors (Lipinski definition) is 2. The fourth-order valence-electron chi connectivity index (χ4n) is 1.63. The topological polar surface area (TPSA) is 70.3 Å². The molecule has 0 aliphatic carbocycles. The third-order valence-electron chi connectivity index (χ3n) is 2.59. The average molecular weight is 251 g/mol. The quantitative estimate of drug-likeness (QED) is 0.702. The van der Waals surface area contributed by atoms with E-state index in [1.54, 1.807) is 0 Å². The lowest BCUT2D eigenvalue weighted by atomic mass is 10.1. The first kappa shape index (κ1) is 14.2. The fourth-order valence-corrected chi connectivity index (χ4v) is 1.63. The number of nitrogens with zero attached hydrogens (tertiary/aromatic N) is 1. The predicted octanol–water partition coefficient (Wildman–Crippen LogP) is 0.734. The number of aliphatic carboxylic acids is 1. The largest absolute Gasteiger partial charge is 0.480 e. The van der Waals surface area contributed by atoms with Crippen molar-refractivity contribution in [1.29, 1.82) is 0 Å². The van der Waals surface area contributed by atoms with Gasteiger partial charge in [-0.05, 0) is 6.42 Å². The van der Waals surface area contributed by atoms with Crippen LogP contribution in [0.15, 0.2) is 30.6 Å². The summed E-state index contributed by atoms with van der Waals surface area (Å²) in [6.07, 6.45) is 5.20. The van der Waals surface area contributed by atoms with Crippen molar-refractivity contribution in [3.05, 3.63) is 30.6 Å². The molecule has 0 aromatic carbocycles. The van der Waals surface area contributed by atoms with Crippen LogP contribution in [-0.2, 0) is 16.1 Å². The minimum absolute atomic E-state index is 0.229. The Balaban J connectivity index is 2.39. The van der Waals surface area contributed by atoms with Crippen LogP contribution < -0.4 is 9.88 Å². The van der Waals surface area contributed by atoms with E-state index in [1.165, 1.54) is 0 Å². The van der Waals surface area contributed by atoms with Crippen molar-refractivity contribution in [1.82, 2.24) is 5.32 Å². The first-order chi connectivity index (χ1) is 8.63. The van der Waals surface area contributed by atoms with Crippen LogP contribution >= 0.6 is 0 Å². The van der Waals surface area contributed by atoms with Crippen molar-refractivity contribution < 1.29 is 19.3 Å². The molecule has 0 saturated carbocycles. The number of hydrogen-bond donors (Lipinski definition) is 2. The Hall–Kier alpha value is -1.91. The lowest BCUT2D eigenvalue weighted by Gasteiger charge is -2.12. The number of aryl methyl sites for hydroxylation is 1. The summed E-state index contributed by atoms with van der Waals surface area (Å²) in [5.41, 5.74) is 0. The third kappa shape index (κ3) is 4.95. The molecular formula is C13H19N2O3+. The van der Waals surface area contributed by atoms with Crippen molar-refractivity contribution in [3.8, 4) is 0 Å². The zero-order valence-electron chi connectivity index (χ0n) is 10.5. The smallest absolute Gasteiger partial charge is 0.326 e. The monoisotopic (exact) mass is 251 g/mol. The van der Waals surface area contributed by atoms with Crippen molar-refractivity contribution in [2.75, 3.05) is 0 Å². The standard InChI is InChI=1S/C13H18N2O3/c1-2-6-11(13(17)18)14-12(16)7-10-15-8-4-3-5-9-15/h3-5,8-9,11H,2,6-7,10H2,1H3,(H-,14,16,17,18)/p+1. The molecule has 1 atom stereocenters. The highest BCUT2D eigenvalue weighted by Gasteiger charge is 2.19. The Bertz CT molecular complexity index is 392. The highest BCUT2D eigenvalue weighted by atomic mass is 16.4. The number of pyridine rings is 1. The molecule has 1 heterocycles. The number of aromatic nitrogens is 1. The lowest BCUT2D eigenvalue weighted by molar-refractivity contribution is -0.695. The zero-order chi connectivity index (χ0) is 13.4. The van der Waals surface area contributed by atoms with Gasteiger partial charge in [-0.2, -0.15) is 0 Å². The summed E-state index contributed by atoms with van der Waals surface area (Å²) in [5.74, 6) is -1.20. The molecule has 2 N–H and O–H groups in total. The van der Waals surface area contributed by atoms with Gasteiger partial charge in [0.2, 0.25) is 5.91 Å². The molecule has 1 amide bonds. The van der Waals surface area contributed by atoms with E-state index in [0.717, 1.165) is 6.42 Å². The summed E-state index contributed by atoms with van der Waals surface area (Å²) in [5, 5.41) is 11.5. The second-order valence-electron chi connectivity index (χ2n) is 4.11. The molecule has 0 fully saturated rings. The lowest BCUT2D eigenvalue weighted by Crippen LogP contribution is -2.43. The van der Waals surface area contributed by atoms with Gasteiger partial charge in [0.25, 0.3) is 0 Å². The summed E-state index contributed by atoms with van der Waals surface area (Å²) in [4.78, 5) is 22.5. The van der Waals surface area contributed by atoms with Gasteiger partial charge in [0.05, 0.1) is 6.42 Å². The second-order valence-corrected chi connectivity index (χ2v) is 4.11. The molecule has 1 aromatic heterocycles. The molecule has 5 heteroatoms. The van der Waals surface area contributed by atoms with Crippen molar-refractivity contribution in [2.45, 2.75) is 38.8 Å². The Labute approximate surface area is 106 Å². The maximum atomic E-state index is 11.6. The summed E-state index contributed by atoms with van der Waals surface area (Å²) in [7, 11) is 0. The first-order valence-electron chi connectivity index (χ1n) is 6.09. The second kappa shape index (κ2) is 7.42. The summed E-state index contributed by atoms with van der Waals surface area (Å²) < 4.78 is 1.88. The highest BCUT2D eigenvalue weighted by molar-refractivity contribution is 5.83. The zero-order valence-corrected chi connectivity index (χ0v) is 10.5. The number of carbonyl (C=O) groups is 2. The van der Waals surface area contributed by atoms with Crippen molar-refractivity contribution >= 4 is 11.9 Å². The molecule has 0 aliphatic rings. The van der Waals surface area contributed by atoms with Gasteiger partial charge in [-0.3, -0.25) is 4.79 Å². The van der Waals surface area contributed by atoms with Crippen LogP contribution in [0.3, 0.4) is 0 Å². The third-order valence-corrected chi connectivity index (χ3v) is 2.59. The van der Waals surface area contributed by atoms with Gasteiger partial charge >= 0.3 is 5.97 Å². The molecule has 18 heavy (non-hydrogen) atoms.